The smallest absolute Gasteiger partial charge is 0.311 e. The molecule has 102 valence electrons. The van der Waals surface area contributed by atoms with Crippen LogP contribution in [0.1, 0.15) is 26.7 Å². The molecular formula is C14H18N2O3. The lowest BCUT2D eigenvalue weighted by Crippen LogP contribution is -2.14. The average molecular weight is 262 g/mol. The molecule has 5 heteroatoms. The van der Waals surface area contributed by atoms with Crippen molar-refractivity contribution in [3.63, 3.8) is 0 Å². The van der Waals surface area contributed by atoms with Gasteiger partial charge in [-0.05, 0) is 19.4 Å². The zero-order valence-electron chi connectivity index (χ0n) is 11.2. The highest BCUT2D eigenvalue weighted by Gasteiger charge is 2.15. The molecule has 0 saturated carbocycles. The molecule has 0 amide bonds. The number of terminal acetylenes is 1. The van der Waals surface area contributed by atoms with Crippen molar-refractivity contribution in [2.45, 2.75) is 32.7 Å². The summed E-state index contributed by atoms with van der Waals surface area (Å²) in [5.74, 6) is 2.85. The quantitative estimate of drug-likeness (QED) is 0.465. The van der Waals surface area contributed by atoms with E-state index in [1.807, 2.05) is 13.8 Å². The molecule has 1 aromatic rings. The van der Waals surface area contributed by atoms with E-state index in [1.165, 1.54) is 6.07 Å². The first-order chi connectivity index (χ1) is 9.08. The summed E-state index contributed by atoms with van der Waals surface area (Å²) in [5.41, 5.74) is 0.739. The first-order valence-corrected chi connectivity index (χ1v) is 6.19. The molecule has 0 heterocycles. The second-order valence-electron chi connectivity index (χ2n) is 4.24. The van der Waals surface area contributed by atoms with E-state index in [1.54, 1.807) is 12.1 Å². The number of anilines is 1. The summed E-state index contributed by atoms with van der Waals surface area (Å²) in [7, 11) is 0. The van der Waals surface area contributed by atoms with Gasteiger partial charge in [-0.1, -0.05) is 6.92 Å². The molecule has 19 heavy (non-hydrogen) atoms. The van der Waals surface area contributed by atoms with Gasteiger partial charge in [-0.3, -0.25) is 10.1 Å². The maximum Gasteiger partial charge on any atom is 0.311 e. The van der Waals surface area contributed by atoms with Gasteiger partial charge < -0.3 is 10.1 Å². The van der Waals surface area contributed by atoms with Gasteiger partial charge in [0, 0.05) is 30.3 Å². The van der Waals surface area contributed by atoms with E-state index in [-0.39, 0.29) is 17.5 Å². The van der Waals surface area contributed by atoms with E-state index in [0.29, 0.717) is 13.0 Å². The zero-order chi connectivity index (χ0) is 14.3. The normalized spacial score (nSPS) is 11.4. The molecule has 0 aromatic heterocycles. The summed E-state index contributed by atoms with van der Waals surface area (Å²) in [5, 5.41) is 14.1. The van der Waals surface area contributed by atoms with Crippen LogP contribution in [0.2, 0.25) is 0 Å². The third kappa shape index (κ3) is 4.51. The first kappa shape index (κ1) is 14.8. The molecule has 0 aliphatic carbocycles. The standard InChI is InChI=1S/C14H18N2O3/c1-4-6-11(3)15-12-7-8-13(16(17)18)14(10-12)19-9-5-2/h1,7-8,10-11,15H,5-6,9H2,2-3H3. The van der Waals surface area contributed by atoms with Gasteiger partial charge >= 0.3 is 5.69 Å². The van der Waals surface area contributed by atoms with Crippen LogP contribution in [0.4, 0.5) is 11.4 Å². The van der Waals surface area contributed by atoms with E-state index in [9.17, 15) is 10.1 Å². The molecule has 0 bridgehead atoms. The van der Waals surface area contributed by atoms with Crippen LogP contribution in [-0.2, 0) is 0 Å². The number of ether oxygens (including phenoxy) is 1. The average Bonchev–Trinajstić information content (AvgIpc) is 2.36. The molecule has 1 unspecified atom stereocenters. The van der Waals surface area contributed by atoms with Crippen LogP contribution in [0.5, 0.6) is 5.75 Å². The summed E-state index contributed by atoms with van der Waals surface area (Å²) in [6, 6.07) is 4.84. The van der Waals surface area contributed by atoms with Crippen molar-refractivity contribution < 1.29 is 9.66 Å². The van der Waals surface area contributed by atoms with E-state index >= 15 is 0 Å². The maximum absolute atomic E-state index is 10.9. The van der Waals surface area contributed by atoms with Crippen molar-refractivity contribution in [3.8, 4) is 18.1 Å². The molecule has 1 rings (SSSR count). The van der Waals surface area contributed by atoms with Crippen LogP contribution in [0.25, 0.3) is 0 Å². The van der Waals surface area contributed by atoms with E-state index in [4.69, 9.17) is 11.2 Å². The van der Waals surface area contributed by atoms with Gasteiger partial charge in [0.25, 0.3) is 0 Å². The second kappa shape index (κ2) is 7.27. The van der Waals surface area contributed by atoms with Gasteiger partial charge in [0.15, 0.2) is 5.75 Å². The molecule has 0 spiro atoms. The summed E-state index contributed by atoms with van der Waals surface area (Å²) in [4.78, 5) is 10.5. The van der Waals surface area contributed by atoms with Crippen LogP contribution in [0.15, 0.2) is 18.2 Å². The number of hydrogen-bond donors (Lipinski definition) is 1. The minimum Gasteiger partial charge on any atom is -0.487 e. The largest absolute Gasteiger partial charge is 0.487 e. The second-order valence-corrected chi connectivity index (χ2v) is 4.24. The molecule has 5 nitrogen and oxygen atoms in total. The predicted molar refractivity (Wildman–Crippen MR) is 75.4 cm³/mol. The van der Waals surface area contributed by atoms with Crippen molar-refractivity contribution in [3.05, 3.63) is 28.3 Å². The Morgan fingerprint density at radius 3 is 2.89 bits per heavy atom. The zero-order valence-corrected chi connectivity index (χ0v) is 11.2. The van der Waals surface area contributed by atoms with Gasteiger partial charge in [-0.15, -0.1) is 12.3 Å². The van der Waals surface area contributed by atoms with Gasteiger partial charge in [0.2, 0.25) is 0 Å². The Balaban J connectivity index is 2.91. The third-order valence-corrected chi connectivity index (χ3v) is 2.46. The molecule has 0 fully saturated rings. The fraction of sp³-hybridized carbons (Fsp3) is 0.429. The summed E-state index contributed by atoms with van der Waals surface area (Å²) >= 11 is 0. The van der Waals surface area contributed by atoms with Crippen molar-refractivity contribution in [1.82, 2.24) is 0 Å². The Labute approximate surface area is 113 Å². The molecular weight excluding hydrogens is 244 g/mol. The minimum atomic E-state index is -0.445. The minimum absolute atomic E-state index is 0.0244. The molecule has 0 radical (unpaired) electrons. The molecule has 0 aliphatic rings. The number of nitro groups is 1. The van der Waals surface area contributed by atoms with Gasteiger partial charge in [-0.2, -0.15) is 0 Å². The molecule has 0 aliphatic heterocycles. The Hall–Kier alpha value is -2.22. The van der Waals surface area contributed by atoms with E-state index < -0.39 is 4.92 Å². The topological polar surface area (TPSA) is 64.4 Å². The molecule has 1 atom stereocenters. The lowest BCUT2D eigenvalue weighted by atomic mass is 10.2. The summed E-state index contributed by atoms with van der Waals surface area (Å²) in [6.07, 6.45) is 6.62. The number of nitrogens with one attached hydrogen (secondary N) is 1. The van der Waals surface area contributed by atoms with Crippen LogP contribution in [0.3, 0.4) is 0 Å². The van der Waals surface area contributed by atoms with E-state index in [0.717, 1.165) is 12.1 Å². The van der Waals surface area contributed by atoms with Crippen molar-refractivity contribution in [1.29, 1.82) is 0 Å². The highest BCUT2D eigenvalue weighted by molar-refractivity contribution is 5.58. The lowest BCUT2D eigenvalue weighted by Gasteiger charge is -2.14. The van der Waals surface area contributed by atoms with Crippen LogP contribution < -0.4 is 10.1 Å². The van der Waals surface area contributed by atoms with Crippen molar-refractivity contribution >= 4 is 11.4 Å². The summed E-state index contributed by atoms with van der Waals surface area (Å²) in [6.45, 7) is 4.35. The first-order valence-electron chi connectivity index (χ1n) is 6.19. The number of nitro benzene ring substituents is 1. The van der Waals surface area contributed by atoms with Gasteiger partial charge in [0.1, 0.15) is 0 Å². The molecule has 0 saturated heterocycles. The Kier molecular flexibility index (Phi) is 5.68. The number of benzene rings is 1. The number of rotatable bonds is 7. The number of nitrogens with zero attached hydrogens (tertiary/aromatic N) is 1. The van der Waals surface area contributed by atoms with Gasteiger partial charge in [-0.25, -0.2) is 0 Å². The molecule has 1 aromatic carbocycles. The lowest BCUT2D eigenvalue weighted by molar-refractivity contribution is -0.385. The summed E-state index contributed by atoms with van der Waals surface area (Å²) < 4.78 is 5.41. The van der Waals surface area contributed by atoms with Gasteiger partial charge in [0.05, 0.1) is 11.5 Å². The third-order valence-electron chi connectivity index (χ3n) is 2.46. The van der Waals surface area contributed by atoms with Crippen LogP contribution in [0, 0.1) is 22.5 Å². The number of hydrogen-bond acceptors (Lipinski definition) is 4. The highest BCUT2D eigenvalue weighted by Crippen LogP contribution is 2.30. The highest BCUT2D eigenvalue weighted by atomic mass is 16.6. The maximum atomic E-state index is 10.9. The Morgan fingerprint density at radius 2 is 2.32 bits per heavy atom. The van der Waals surface area contributed by atoms with Crippen molar-refractivity contribution in [2.75, 3.05) is 11.9 Å². The van der Waals surface area contributed by atoms with E-state index in [2.05, 4.69) is 11.2 Å². The predicted octanol–water partition coefficient (Wildman–Crippen LogP) is 3.21. The fourth-order valence-corrected chi connectivity index (χ4v) is 1.59. The monoisotopic (exact) mass is 262 g/mol. The fourth-order valence-electron chi connectivity index (χ4n) is 1.59. The van der Waals surface area contributed by atoms with Crippen LogP contribution >= 0.6 is 0 Å². The molecule has 1 N–H and O–H groups in total. The Bertz CT molecular complexity index is 480. The SMILES string of the molecule is C#CCC(C)Nc1ccc([N+](=O)[O-])c(OCCC)c1. The Morgan fingerprint density at radius 1 is 1.58 bits per heavy atom. The van der Waals surface area contributed by atoms with Crippen LogP contribution in [-0.4, -0.2) is 17.6 Å². The van der Waals surface area contributed by atoms with Crippen molar-refractivity contribution in [2.24, 2.45) is 0 Å².